The first-order chi connectivity index (χ1) is 18.7. The van der Waals surface area contributed by atoms with Crippen molar-refractivity contribution in [1.29, 1.82) is 0 Å². The average Bonchev–Trinajstić information content (AvgIpc) is 3.10. The maximum absolute atomic E-state index is 12.1. The molecule has 0 unspecified atom stereocenters. The number of likely N-dealkylation sites (N-methyl/N-ethyl adjacent to an activating group) is 1. The number of benzene rings is 3. The number of nitrogens with one attached hydrogen (secondary N) is 1. The molecule has 0 radical (unpaired) electrons. The van der Waals surface area contributed by atoms with Gasteiger partial charge in [-0.2, -0.15) is 0 Å². The molecule has 8 heteroatoms. The molecule has 0 spiro atoms. The zero-order valence-electron chi connectivity index (χ0n) is 23.1. The van der Waals surface area contributed by atoms with Crippen LogP contribution in [0.5, 0.6) is 11.5 Å². The number of aryl methyl sites for hydroxylation is 1. The van der Waals surface area contributed by atoms with Crippen molar-refractivity contribution in [3.8, 4) is 11.5 Å². The fourth-order valence-corrected chi connectivity index (χ4v) is 5.20. The Kier molecular flexibility index (Phi) is 9.65. The lowest BCUT2D eigenvalue weighted by molar-refractivity contribution is -0.142. The molecule has 0 saturated carbocycles. The monoisotopic (exact) mass is 570 g/mol. The highest BCUT2D eigenvalue weighted by molar-refractivity contribution is 6.42. The highest BCUT2D eigenvalue weighted by Gasteiger charge is 2.25. The van der Waals surface area contributed by atoms with Crippen molar-refractivity contribution in [3.63, 3.8) is 0 Å². The standard InChI is InChI=1S/C31H36Cl2N2O4/c1-6-28(21-9-12-24(32)25(33)16-21)38-23-10-7-20(8-11-23)29-13-14-35(4)27-18-22(19(2)15-30(27)39-29)17-26(34-3)31(36)37-5/h7-12,15-16,18,26,28-29,34H,6,13-14,17H2,1-5H3/t26-,28+,29+/m0/s1. The molecule has 0 bridgehead atoms. The number of nitrogens with zero attached hydrogens (tertiary/aromatic N) is 1. The fraction of sp³-hybridized carbons (Fsp3) is 0.387. The van der Waals surface area contributed by atoms with E-state index in [2.05, 4.69) is 48.5 Å². The van der Waals surface area contributed by atoms with Crippen LogP contribution in [0, 0.1) is 6.92 Å². The Balaban J connectivity index is 1.50. The van der Waals surface area contributed by atoms with E-state index >= 15 is 0 Å². The number of ether oxygens (including phenoxy) is 3. The Morgan fingerprint density at radius 3 is 2.51 bits per heavy atom. The van der Waals surface area contributed by atoms with Crippen molar-refractivity contribution in [1.82, 2.24) is 5.32 Å². The molecule has 0 saturated heterocycles. The first-order valence-corrected chi connectivity index (χ1v) is 14.0. The summed E-state index contributed by atoms with van der Waals surface area (Å²) >= 11 is 12.3. The van der Waals surface area contributed by atoms with Crippen molar-refractivity contribution in [3.05, 3.63) is 86.9 Å². The third-order valence-electron chi connectivity index (χ3n) is 7.30. The molecule has 0 fully saturated rings. The van der Waals surface area contributed by atoms with Gasteiger partial charge in [-0.15, -0.1) is 0 Å². The number of hydrogen-bond donors (Lipinski definition) is 1. The maximum Gasteiger partial charge on any atom is 0.323 e. The van der Waals surface area contributed by atoms with Crippen molar-refractivity contribution >= 4 is 34.9 Å². The van der Waals surface area contributed by atoms with Gasteiger partial charge in [0.05, 0.1) is 22.8 Å². The molecule has 0 aliphatic carbocycles. The molecule has 3 atom stereocenters. The zero-order chi connectivity index (χ0) is 28.1. The summed E-state index contributed by atoms with van der Waals surface area (Å²) in [5, 5.41) is 4.11. The number of hydrogen-bond acceptors (Lipinski definition) is 6. The Hall–Kier alpha value is -2.93. The van der Waals surface area contributed by atoms with Gasteiger partial charge in [0, 0.05) is 20.0 Å². The van der Waals surface area contributed by atoms with Crippen molar-refractivity contribution < 1.29 is 19.0 Å². The van der Waals surface area contributed by atoms with Crippen LogP contribution in [0.2, 0.25) is 10.0 Å². The summed E-state index contributed by atoms with van der Waals surface area (Å²) in [6.07, 6.45) is 1.96. The van der Waals surface area contributed by atoms with Crippen LogP contribution in [0.1, 0.15) is 54.2 Å². The molecular formula is C31H36Cl2N2O4. The molecule has 3 aromatic carbocycles. The summed E-state index contributed by atoms with van der Waals surface area (Å²) in [4.78, 5) is 14.3. The zero-order valence-corrected chi connectivity index (χ0v) is 24.6. The molecule has 0 aromatic heterocycles. The summed E-state index contributed by atoms with van der Waals surface area (Å²) in [5.74, 6) is 1.35. The van der Waals surface area contributed by atoms with Gasteiger partial charge in [0.15, 0.2) is 0 Å². The predicted molar refractivity (Wildman–Crippen MR) is 158 cm³/mol. The lowest BCUT2D eigenvalue weighted by Crippen LogP contribution is -2.37. The molecule has 3 aromatic rings. The molecule has 1 N–H and O–H groups in total. The summed E-state index contributed by atoms with van der Waals surface area (Å²) in [5.41, 5.74) is 5.26. The van der Waals surface area contributed by atoms with Gasteiger partial charge in [-0.3, -0.25) is 4.79 Å². The topological polar surface area (TPSA) is 60.0 Å². The largest absolute Gasteiger partial charge is 0.486 e. The second-order valence-corrected chi connectivity index (χ2v) is 10.7. The molecular weight excluding hydrogens is 535 g/mol. The van der Waals surface area contributed by atoms with E-state index in [-0.39, 0.29) is 18.2 Å². The third kappa shape index (κ3) is 6.81. The van der Waals surface area contributed by atoms with Crippen LogP contribution in [0.4, 0.5) is 5.69 Å². The SMILES string of the molecule is CC[C@@H](Oc1ccc([C@H]2CCN(C)c3cc(C[C@H](NC)C(=O)OC)c(C)cc3O2)cc1)c1ccc(Cl)c(Cl)c1. The Bertz CT molecular complexity index is 1300. The Labute approximate surface area is 241 Å². The number of carbonyl (C=O) groups is 1. The lowest BCUT2D eigenvalue weighted by atomic mass is 9.99. The molecule has 1 aliphatic heterocycles. The van der Waals surface area contributed by atoms with E-state index in [1.165, 1.54) is 7.11 Å². The van der Waals surface area contributed by atoms with E-state index < -0.39 is 6.04 Å². The minimum absolute atomic E-state index is 0.0924. The van der Waals surface area contributed by atoms with Gasteiger partial charge in [-0.25, -0.2) is 0 Å². The van der Waals surface area contributed by atoms with Gasteiger partial charge in [0.2, 0.25) is 0 Å². The van der Waals surface area contributed by atoms with Gasteiger partial charge in [-0.1, -0.05) is 48.3 Å². The molecule has 1 heterocycles. The molecule has 208 valence electrons. The number of rotatable bonds is 9. The van der Waals surface area contributed by atoms with Gasteiger partial charge in [0.25, 0.3) is 0 Å². The van der Waals surface area contributed by atoms with Gasteiger partial charge in [-0.05, 0) is 85.5 Å². The normalized spacial score (nSPS) is 16.5. The van der Waals surface area contributed by atoms with Crippen molar-refractivity contribution in [2.24, 2.45) is 0 Å². The Morgan fingerprint density at radius 2 is 1.87 bits per heavy atom. The van der Waals surface area contributed by atoms with Crippen LogP contribution in [-0.2, 0) is 16.0 Å². The maximum atomic E-state index is 12.1. The van der Waals surface area contributed by atoms with Crippen LogP contribution in [0.3, 0.4) is 0 Å². The number of carbonyl (C=O) groups excluding carboxylic acids is 1. The number of halogens is 2. The second kappa shape index (κ2) is 12.9. The Morgan fingerprint density at radius 1 is 1.13 bits per heavy atom. The second-order valence-electron chi connectivity index (χ2n) is 9.89. The summed E-state index contributed by atoms with van der Waals surface area (Å²) in [6, 6.07) is 17.5. The molecule has 39 heavy (non-hydrogen) atoms. The van der Waals surface area contributed by atoms with Crippen LogP contribution in [-0.4, -0.2) is 39.8 Å². The smallest absolute Gasteiger partial charge is 0.323 e. The quantitative estimate of drug-likeness (QED) is 0.277. The summed E-state index contributed by atoms with van der Waals surface area (Å²) in [6.45, 7) is 4.96. The fourth-order valence-electron chi connectivity index (χ4n) is 4.89. The van der Waals surface area contributed by atoms with Crippen molar-refractivity contribution in [2.75, 3.05) is 32.6 Å². The lowest BCUT2D eigenvalue weighted by Gasteiger charge is -2.22. The highest BCUT2D eigenvalue weighted by Crippen LogP contribution is 2.39. The average molecular weight is 572 g/mol. The number of fused-ring (bicyclic) bond motifs is 1. The summed E-state index contributed by atoms with van der Waals surface area (Å²) in [7, 11) is 5.26. The van der Waals surface area contributed by atoms with Crippen LogP contribution in [0.15, 0.2) is 54.6 Å². The minimum Gasteiger partial charge on any atom is -0.486 e. The van der Waals surface area contributed by atoms with E-state index in [9.17, 15) is 4.79 Å². The minimum atomic E-state index is -0.402. The third-order valence-corrected chi connectivity index (χ3v) is 8.04. The number of methoxy groups -OCH3 is 1. The van der Waals surface area contributed by atoms with Crippen molar-refractivity contribution in [2.45, 2.75) is 51.4 Å². The molecule has 1 aliphatic rings. The number of anilines is 1. The first-order valence-electron chi connectivity index (χ1n) is 13.2. The predicted octanol–water partition coefficient (Wildman–Crippen LogP) is 7.10. The van der Waals surface area contributed by atoms with Crippen LogP contribution >= 0.6 is 23.2 Å². The highest BCUT2D eigenvalue weighted by atomic mass is 35.5. The molecule has 0 amide bonds. The van der Waals surface area contributed by atoms with Gasteiger partial charge < -0.3 is 24.4 Å². The van der Waals surface area contributed by atoms with Gasteiger partial charge >= 0.3 is 5.97 Å². The molecule has 6 nitrogen and oxygen atoms in total. The van der Waals surface area contributed by atoms with E-state index in [1.807, 2.05) is 31.2 Å². The molecule has 4 rings (SSSR count). The van der Waals surface area contributed by atoms with Gasteiger partial charge in [0.1, 0.15) is 29.7 Å². The number of esters is 1. The van der Waals surface area contributed by atoms with E-state index in [0.29, 0.717) is 16.5 Å². The van der Waals surface area contributed by atoms with Crippen LogP contribution in [0.25, 0.3) is 0 Å². The summed E-state index contributed by atoms with van der Waals surface area (Å²) < 4.78 is 17.8. The van der Waals surface area contributed by atoms with E-state index in [1.54, 1.807) is 13.1 Å². The van der Waals surface area contributed by atoms with E-state index in [0.717, 1.165) is 58.8 Å². The van der Waals surface area contributed by atoms with Crippen LogP contribution < -0.4 is 19.7 Å². The first kappa shape index (κ1) is 29.1. The van der Waals surface area contributed by atoms with E-state index in [4.69, 9.17) is 37.4 Å².